The lowest BCUT2D eigenvalue weighted by molar-refractivity contribution is 0.582. The molecule has 0 bridgehead atoms. The van der Waals surface area contributed by atoms with Gasteiger partial charge < -0.3 is 5.32 Å². The van der Waals surface area contributed by atoms with Crippen molar-refractivity contribution >= 4 is 0 Å². The molecule has 0 saturated carbocycles. The van der Waals surface area contributed by atoms with Gasteiger partial charge in [0.1, 0.15) is 5.82 Å². The van der Waals surface area contributed by atoms with Crippen LogP contribution in [0.25, 0.3) is 0 Å². The largest absolute Gasteiger partial charge is 0.306 e. The van der Waals surface area contributed by atoms with Gasteiger partial charge >= 0.3 is 0 Å². The van der Waals surface area contributed by atoms with E-state index in [2.05, 4.69) is 44.3 Å². The predicted octanol–water partition coefficient (Wildman–Crippen LogP) is 4.84. The van der Waals surface area contributed by atoms with Crippen LogP contribution in [0.4, 0.5) is 4.39 Å². The van der Waals surface area contributed by atoms with Crippen molar-refractivity contribution in [1.82, 2.24) is 5.32 Å². The molecule has 0 aliphatic carbocycles. The second-order valence-corrected chi connectivity index (χ2v) is 5.73. The van der Waals surface area contributed by atoms with Crippen molar-refractivity contribution in [2.24, 2.45) is 0 Å². The van der Waals surface area contributed by atoms with E-state index in [4.69, 9.17) is 0 Å². The van der Waals surface area contributed by atoms with Gasteiger partial charge in [-0.2, -0.15) is 0 Å². The SMILES string of the molecule is CCCNC(c1ccc(C)c(C)c1)c1cc(F)ccc1C. The van der Waals surface area contributed by atoms with Gasteiger partial charge in [0.25, 0.3) is 0 Å². The molecule has 2 aromatic rings. The highest BCUT2D eigenvalue weighted by atomic mass is 19.1. The molecule has 2 rings (SSSR count). The number of aryl methyl sites for hydroxylation is 3. The van der Waals surface area contributed by atoms with Gasteiger partial charge in [0, 0.05) is 0 Å². The van der Waals surface area contributed by atoms with Gasteiger partial charge in [0.05, 0.1) is 6.04 Å². The van der Waals surface area contributed by atoms with Gasteiger partial charge in [-0.05, 0) is 73.7 Å². The van der Waals surface area contributed by atoms with Gasteiger partial charge in [-0.1, -0.05) is 31.2 Å². The van der Waals surface area contributed by atoms with Gasteiger partial charge in [-0.15, -0.1) is 0 Å². The van der Waals surface area contributed by atoms with E-state index in [1.165, 1.54) is 22.8 Å². The Morgan fingerprint density at radius 1 is 0.952 bits per heavy atom. The average Bonchev–Trinajstić information content (AvgIpc) is 2.46. The highest BCUT2D eigenvalue weighted by Crippen LogP contribution is 2.27. The Morgan fingerprint density at radius 2 is 1.67 bits per heavy atom. The van der Waals surface area contributed by atoms with Crippen LogP contribution in [-0.4, -0.2) is 6.54 Å². The predicted molar refractivity (Wildman–Crippen MR) is 87.2 cm³/mol. The summed E-state index contributed by atoms with van der Waals surface area (Å²) in [6.45, 7) is 9.32. The van der Waals surface area contributed by atoms with Gasteiger partial charge in [0.2, 0.25) is 0 Å². The Bertz CT molecular complexity index is 619. The zero-order valence-corrected chi connectivity index (χ0v) is 13.3. The zero-order valence-electron chi connectivity index (χ0n) is 13.3. The number of halogens is 1. The summed E-state index contributed by atoms with van der Waals surface area (Å²) in [4.78, 5) is 0. The maximum atomic E-state index is 13.7. The number of hydrogen-bond acceptors (Lipinski definition) is 1. The Balaban J connectivity index is 2.46. The molecule has 0 fully saturated rings. The molecule has 21 heavy (non-hydrogen) atoms. The third kappa shape index (κ3) is 3.70. The van der Waals surface area contributed by atoms with Crippen molar-refractivity contribution < 1.29 is 4.39 Å². The molecule has 0 aliphatic heterocycles. The van der Waals surface area contributed by atoms with Crippen molar-refractivity contribution in [3.8, 4) is 0 Å². The minimum absolute atomic E-state index is 0.0416. The maximum Gasteiger partial charge on any atom is 0.123 e. The molecular formula is C19H24FN. The number of nitrogens with one attached hydrogen (secondary N) is 1. The van der Waals surface area contributed by atoms with Crippen molar-refractivity contribution in [3.63, 3.8) is 0 Å². The van der Waals surface area contributed by atoms with Crippen LogP contribution in [0, 0.1) is 26.6 Å². The molecule has 1 nitrogen and oxygen atoms in total. The molecule has 0 saturated heterocycles. The smallest absolute Gasteiger partial charge is 0.123 e. The first-order valence-electron chi connectivity index (χ1n) is 7.59. The molecule has 0 amide bonds. The summed E-state index contributed by atoms with van der Waals surface area (Å²) >= 11 is 0. The van der Waals surface area contributed by atoms with E-state index in [1.807, 2.05) is 13.0 Å². The Morgan fingerprint density at radius 3 is 2.33 bits per heavy atom. The van der Waals surface area contributed by atoms with Gasteiger partial charge in [-0.25, -0.2) is 4.39 Å². The van der Waals surface area contributed by atoms with Crippen LogP contribution in [0.15, 0.2) is 36.4 Å². The fourth-order valence-corrected chi connectivity index (χ4v) is 2.56. The fraction of sp³-hybridized carbons (Fsp3) is 0.368. The highest BCUT2D eigenvalue weighted by Gasteiger charge is 2.16. The number of benzene rings is 2. The molecule has 1 atom stereocenters. The average molecular weight is 285 g/mol. The summed E-state index contributed by atoms with van der Waals surface area (Å²) in [5.74, 6) is -0.178. The van der Waals surface area contributed by atoms with E-state index in [9.17, 15) is 4.39 Å². The van der Waals surface area contributed by atoms with Crippen LogP contribution in [0.1, 0.15) is 47.2 Å². The fourth-order valence-electron chi connectivity index (χ4n) is 2.56. The van der Waals surface area contributed by atoms with Crippen molar-refractivity contribution in [1.29, 1.82) is 0 Å². The molecule has 0 heterocycles. The summed E-state index contributed by atoms with van der Waals surface area (Å²) in [5.41, 5.74) is 5.88. The summed E-state index contributed by atoms with van der Waals surface area (Å²) in [6, 6.07) is 11.5. The molecule has 112 valence electrons. The first-order valence-corrected chi connectivity index (χ1v) is 7.59. The van der Waals surface area contributed by atoms with Crippen LogP contribution < -0.4 is 5.32 Å². The molecule has 1 unspecified atom stereocenters. The molecule has 1 N–H and O–H groups in total. The van der Waals surface area contributed by atoms with E-state index in [1.54, 1.807) is 6.07 Å². The number of hydrogen-bond donors (Lipinski definition) is 1. The summed E-state index contributed by atoms with van der Waals surface area (Å²) in [5, 5.41) is 3.55. The minimum atomic E-state index is -0.178. The number of rotatable bonds is 5. The lowest BCUT2D eigenvalue weighted by atomic mass is 9.92. The quantitative estimate of drug-likeness (QED) is 0.829. The molecule has 2 aromatic carbocycles. The van der Waals surface area contributed by atoms with Gasteiger partial charge in [0.15, 0.2) is 0 Å². The van der Waals surface area contributed by atoms with Crippen LogP contribution in [0.5, 0.6) is 0 Å². The molecule has 2 heteroatoms. The molecule has 0 radical (unpaired) electrons. The second kappa shape index (κ2) is 6.86. The van der Waals surface area contributed by atoms with E-state index in [-0.39, 0.29) is 11.9 Å². The van der Waals surface area contributed by atoms with E-state index in [0.29, 0.717) is 0 Å². The lowest BCUT2D eigenvalue weighted by Gasteiger charge is -2.22. The highest BCUT2D eigenvalue weighted by molar-refractivity contribution is 5.40. The van der Waals surface area contributed by atoms with E-state index in [0.717, 1.165) is 24.1 Å². The summed E-state index contributed by atoms with van der Waals surface area (Å²) < 4.78 is 13.7. The Labute approximate surface area is 127 Å². The zero-order chi connectivity index (χ0) is 15.4. The maximum absolute atomic E-state index is 13.7. The summed E-state index contributed by atoms with van der Waals surface area (Å²) in [6.07, 6.45) is 1.05. The van der Waals surface area contributed by atoms with Crippen molar-refractivity contribution in [3.05, 3.63) is 70.0 Å². The van der Waals surface area contributed by atoms with E-state index < -0.39 is 0 Å². The Hall–Kier alpha value is -1.67. The van der Waals surface area contributed by atoms with Crippen LogP contribution in [0.2, 0.25) is 0 Å². The molecular weight excluding hydrogens is 261 g/mol. The molecule has 0 aliphatic rings. The monoisotopic (exact) mass is 285 g/mol. The third-order valence-corrected chi connectivity index (χ3v) is 4.02. The van der Waals surface area contributed by atoms with E-state index >= 15 is 0 Å². The first-order chi connectivity index (χ1) is 10.0. The van der Waals surface area contributed by atoms with Crippen molar-refractivity contribution in [2.75, 3.05) is 6.54 Å². The third-order valence-electron chi connectivity index (χ3n) is 4.02. The van der Waals surface area contributed by atoms with Crippen LogP contribution in [0.3, 0.4) is 0 Å². The molecule has 0 aromatic heterocycles. The standard InChI is InChI=1S/C19H24FN/c1-5-10-21-19(16-8-6-13(2)15(4)11-16)18-12-17(20)9-7-14(18)3/h6-9,11-12,19,21H,5,10H2,1-4H3. The normalized spacial score (nSPS) is 12.4. The van der Waals surface area contributed by atoms with Crippen LogP contribution in [-0.2, 0) is 0 Å². The van der Waals surface area contributed by atoms with Gasteiger partial charge in [-0.3, -0.25) is 0 Å². The topological polar surface area (TPSA) is 12.0 Å². The molecule has 0 spiro atoms. The van der Waals surface area contributed by atoms with Crippen LogP contribution >= 0.6 is 0 Å². The lowest BCUT2D eigenvalue weighted by Crippen LogP contribution is -2.24. The first kappa shape index (κ1) is 15.7. The summed E-state index contributed by atoms with van der Waals surface area (Å²) in [7, 11) is 0. The minimum Gasteiger partial charge on any atom is -0.306 e. The Kier molecular flexibility index (Phi) is 5.13. The van der Waals surface area contributed by atoms with Crippen molar-refractivity contribution in [2.45, 2.75) is 40.2 Å². The second-order valence-electron chi connectivity index (χ2n) is 5.73.